The highest BCUT2D eigenvalue weighted by molar-refractivity contribution is 9.10. The van der Waals surface area contributed by atoms with E-state index in [0.717, 1.165) is 0 Å². The van der Waals surface area contributed by atoms with Gasteiger partial charge in [-0.15, -0.1) is 0 Å². The molecule has 8 nitrogen and oxygen atoms in total. The summed E-state index contributed by atoms with van der Waals surface area (Å²) in [5, 5.41) is 11.6. The minimum Gasteiger partial charge on any atom is -0.482 e. The van der Waals surface area contributed by atoms with Crippen molar-refractivity contribution in [3.63, 3.8) is 0 Å². The Bertz CT molecular complexity index is 648. The molecular formula is C14H15BrN2O6. The molecule has 1 aromatic rings. The highest BCUT2D eigenvalue weighted by Gasteiger charge is 2.24. The van der Waals surface area contributed by atoms with Gasteiger partial charge < -0.3 is 24.8 Å². The maximum absolute atomic E-state index is 12.6. The average Bonchev–Trinajstić information content (AvgIpc) is 2.49. The van der Waals surface area contributed by atoms with Crippen molar-refractivity contribution in [3.05, 3.63) is 22.2 Å². The van der Waals surface area contributed by atoms with E-state index < -0.39 is 18.4 Å². The molecule has 1 heterocycles. The molecule has 0 radical (unpaired) electrons. The number of benzene rings is 1. The van der Waals surface area contributed by atoms with Crippen molar-refractivity contribution in [1.82, 2.24) is 4.90 Å². The third-order valence-corrected chi connectivity index (χ3v) is 3.77. The fourth-order valence-electron chi connectivity index (χ4n) is 2.05. The first-order valence-corrected chi connectivity index (χ1v) is 7.48. The molecule has 1 aliphatic rings. The van der Waals surface area contributed by atoms with Crippen LogP contribution in [-0.2, 0) is 14.3 Å². The van der Waals surface area contributed by atoms with Gasteiger partial charge in [-0.2, -0.15) is 0 Å². The molecule has 0 atom stereocenters. The lowest BCUT2D eigenvalue weighted by Gasteiger charge is -2.23. The van der Waals surface area contributed by atoms with Crippen LogP contribution < -0.4 is 10.1 Å². The number of fused-ring (bicyclic) bond motifs is 1. The first-order chi connectivity index (χ1) is 10.9. The van der Waals surface area contributed by atoms with Crippen molar-refractivity contribution >= 4 is 39.4 Å². The number of ether oxygens (including phenoxy) is 2. The van der Waals surface area contributed by atoms with Gasteiger partial charge in [0.05, 0.1) is 17.9 Å². The van der Waals surface area contributed by atoms with Gasteiger partial charge >= 0.3 is 5.97 Å². The molecule has 124 valence electrons. The normalized spacial score (nSPS) is 12.9. The number of carbonyl (C=O) groups excluding carboxylic acids is 2. The zero-order valence-corrected chi connectivity index (χ0v) is 13.9. The van der Waals surface area contributed by atoms with Crippen molar-refractivity contribution in [2.45, 2.75) is 0 Å². The number of nitrogens with one attached hydrogen (secondary N) is 1. The summed E-state index contributed by atoms with van der Waals surface area (Å²) < 4.78 is 10.6. The summed E-state index contributed by atoms with van der Waals surface area (Å²) in [4.78, 5) is 36.0. The van der Waals surface area contributed by atoms with E-state index in [0.29, 0.717) is 15.9 Å². The van der Waals surface area contributed by atoms with E-state index in [9.17, 15) is 14.4 Å². The Hall–Kier alpha value is -2.13. The van der Waals surface area contributed by atoms with E-state index in [2.05, 4.69) is 21.2 Å². The highest BCUT2D eigenvalue weighted by Crippen LogP contribution is 2.34. The lowest BCUT2D eigenvalue weighted by molar-refractivity contribution is -0.137. The summed E-state index contributed by atoms with van der Waals surface area (Å²) in [5.74, 6) is -1.51. The molecule has 0 aromatic heterocycles. The van der Waals surface area contributed by atoms with Crippen LogP contribution in [0.3, 0.4) is 0 Å². The van der Waals surface area contributed by atoms with E-state index >= 15 is 0 Å². The van der Waals surface area contributed by atoms with E-state index in [-0.39, 0.29) is 31.2 Å². The van der Waals surface area contributed by atoms with Gasteiger partial charge in [-0.05, 0) is 28.1 Å². The van der Waals surface area contributed by atoms with Crippen molar-refractivity contribution in [3.8, 4) is 5.75 Å². The predicted molar refractivity (Wildman–Crippen MR) is 83.7 cm³/mol. The van der Waals surface area contributed by atoms with E-state index in [4.69, 9.17) is 14.6 Å². The Kier molecular flexibility index (Phi) is 5.56. The summed E-state index contributed by atoms with van der Waals surface area (Å²) in [6.45, 7) is -0.217. The molecule has 2 amide bonds. The zero-order valence-electron chi connectivity index (χ0n) is 12.3. The Morgan fingerprint density at radius 3 is 2.87 bits per heavy atom. The first kappa shape index (κ1) is 17.2. The molecule has 1 aromatic carbocycles. The molecule has 23 heavy (non-hydrogen) atoms. The van der Waals surface area contributed by atoms with Crippen LogP contribution in [0, 0.1) is 0 Å². The van der Waals surface area contributed by atoms with Crippen LogP contribution in [0.2, 0.25) is 0 Å². The van der Waals surface area contributed by atoms with Gasteiger partial charge in [0.25, 0.3) is 11.8 Å². The third kappa shape index (κ3) is 4.20. The number of aliphatic carboxylic acids is 1. The number of carbonyl (C=O) groups is 3. The molecule has 0 saturated heterocycles. The van der Waals surface area contributed by atoms with Gasteiger partial charge in [-0.25, -0.2) is 0 Å². The maximum Gasteiger partial charge on any atom is 0.323 e. The number of nitrogens with zero attached hydrogens (tertiary/aromatic N) is 1. The van der Waals surface area contributed by atoms with Crippen molar-refractivity contribution < 1.29 is 29.0 Å². The number of anilines is 1. The Labute approximate surface area is 140 Å². The molecule has 0 spiro atoms. The Morgan fingerprint density at radius 1 is 1.48 bits per heavy atom. The molecule has 2 N–H and O–H groups in total. The number of rotatable bonds is 6. The molecule has 9 heteroatoms. The molecule has 0 fully saturated rings. The second-order valence-electron chi connectivity index (χ2n) is 4.78. The van der Waals surface area contributed by atoms with Crippen LogP contribution in [0.25, 0.3) is 0 Å². The van der Waals surface area contributed by atoms with E-state index in [1.807, 2.05) is 0 Å². The lowest BCUT2D eigenvalue weighted by Crippen LogP contribution is -2.38. The zero-order chi connectivity index (χ0) is 17.0. The van der Waals surface area contributed by atoms with Gasteiger partial charge in [0.1, 0.15) is 12.3 Å². The quantitative estimate of drug-likeness (QED) is 0.753. The molecular weight excluding hydrogens is 372 g/mol. The summed E-state index contributed by atoms with van der Waals surface area (Å²) in [6, 6.07) is 3.03. The van der Waals surface area contributed by atoms with Crippen molar-refractivity contribution in [1.29, 1.82) is 0 Å². The molecule has 0 bridgehead atoms. The van der Waals surface area contributed by atoms with Crippen molar-refractivity contribution in [2.24, 2.45) is 0 Å². The number of amides is 2. The van der Waals surface area contributed by atoms with E-state index in [1.165, 1.54) is 18.1 Å². The molecule has 1 aliphatic heterocycles. The fourth-order valence-corrected chi connectivity index (χ4v) is 2.56. The number of halogens is 1. The number of carboxylic acids is 1. The average molecular weight is 387 g/mol. The lowest BCUT2D eigenvalue weighted by atomic mass is 10.1. The Balaban J connectivity index is 2.29. The second-order valence-corrected chi connectivity index (χ2v) is 5.63. The topological polar surface area (TPSA) is 105 Å². The minimum absolute atomic E-state index is 0.134. The van der Waals surface area contributed by atoms with Gasteiger partial charge in [-0.1, -0.05) is 0 Å². The van der Waals surface area contributed by atoms with Crippen LogP contribution in [0.5, 0.6) is 5.75 Å². The predicted octanol–water partition coefficient (Wildman–Crippen LogP) is 0.953. The number of methoxy groups -OCH3 is 1. The van der Waals surface area contributed by atoms with Gasteiger partial charge in [0.2, 0.25) is 0 Å². The first-order valence-electron chi connectivity index (χ1n) is 6.68. The number of hydrogen-bond acceptors (Lipinski definition) is 5. The summed E-state index contributed by atoms with van der Waals surface area (Å²) in [7, 11) is 1.47. The third-order valence-electron chi connectivity index (χ3n) is 3.11. The molecule has 0 unspecified atom stereocenters. The Morgan fingerprint density at radius 2 is 2.22 bits per heavy atom. The van der Waals surface area contributed by atoms with Gasteiger partial charge in [0.15, 0.2) is 6.61 Å². The SMILES string of the molecule is COCCN(CC(=O)O)C(=O)c1cc2c(cc1Br)NC(=O)CO2. The monoisotopic (exact) mass is 386 g/mol. The number of carboxylic acid groups (broad SMARTS) is 1. The fraction of sp³-hybridized carbons (Fsp3) is 0.357. The summed E-state index contributed by atoms with van der Waals surface area (Å²) in [5.41, 5.74) is 0.698. The molecule has 2 rings (SSSR count). The van der Waals surface area contributed by atoms with Gasteiger partial charge in [-0.3, -0.25) is 14.4 Å². The number of hydrogen-bond donors (Lipinski definition) is 2. The largest absolute Gasteiger partial charge is 0.482 e. The van der Waals surface area contributed by atoms with Crippen molar-refractivity contribution in [2.75, 3.05) is 38.7 Å². The summed E-state index contributed by atoms with van der Waals surface area (Å²) in [6.07, 6.45) is 0. The van der Waals surface area contributed by atoms with Crippen LogP contribution in [0.1, 0.15) is 10.4 Å². The van der Waals surface area contributed by atoms with Crippen LogP contribution in [-0.4, -0.2) is 61.2 Å². The highest BCUT2D eigenvalue weighted by atomic mass is 79.9. The second kappa shape index (κ2) is 7.42. The maximum atomic E-state index is 12.6. The van der Waals surface area contributed by atoms with Gasteiger partial charge in [0, 0.05) is 18.1 Å². The molecule has 0 saturated carbocycles. The van der Waals surface area contributed by atoms with Crippen LogP contribution in [0.15, 0.2) is 16.6 Å². The minimum atomic E-state index is -1.12. The van der Waals surface area contributed by atoms with E-state index in [1.54, 1.807) is 6.07 Å². The van der Waals surface area contributed by atoms with Crippen LogP contribution in [0.4, 0.5) is 5.69 Å². The standard InChI is InChI=1S/C14H15BrN2O6/c1-22-3-2-17(6-13(19)20)14(21)8-4-11-10(5-9(8)15)16-12(18)7-23-11/h4-5H,2-3,6-7H2,1H3,(H,16,18)(H,19,20). The molecule has 0 aliphatic carbocycles. The van der Waals surface area contributed by atoms with Crippen LogP contribution >= 0.6 is 15.9 Å². The summed E-state index contributed by atoms with van der Waals surface area (Å²) >= 11 is 3.27. The smallest absolute Gasteiger partial charge is 0.323 e.